The van der Waals surface area contributed by atoms with Gasteiger partial charge in [-0.1, -0.05) is 24.3 Å². The number of urea groups is 1. The highest BCUT2D eigenvalue weighted by Crippen LogP contribution is 2.35. The van der Waals surface area contributed by atoms with E-state index in [0.29, 0.717) is 24.3 Å². The van der Waals surface area contributed by atoms with Gasteiger partial charge in [0.15, 0.2) is 0 Å². The third-order valence-corrected chi connectivity index (χ3v) is 5.42. The van der Waals surface area contributed by atoms with Crippen LogP contribution in [0.15, 0.2) is 66.9 Å². The predicted octanol–water partition coefficient (Wildman–Crippen LogP) is 6.64. The van der Waals surface area contributed by atoms with Gasteiger partial charge in [0.1, 0.15) is 0 Å². The van der Waals surface area contributed by atoms with Crippen molar-refractivity contribution in [3.63, 3.8) is 0 Å². The van der Waals surface area contributed by atoms with Gasteiger partial charge in [0.25, 0.3) is 0 Å². The molecule has 0 saturated heterocycles. The molecule has 0 aliphatic carbocycles. The Balaban J connectivity index is 1.80. The van der Waals surface area contributed by atoms with Crippen LogP contribution in [0.25, 0.3) is 0 Å². The Morgan fingerprint density at radius 3 is 2.42 bits per heavy atom. The van der Waals surface area contributed by atoms with Crippen molar-refractivity contribution < 1.29 is 35.9 Å². The number of carbonyl (C=O) groups excluding carboxylic acids is 1. The number of alkyl halides is 6. The number of nitrogens with zero attached hydrogens (tertiary/aromatic N) is 2. The van der Waals surface area contributed by atoms with Gasteiger partial charge in [-0.25, -0.2) is 4.79 Å². The summed E-state index contributed by atoms with van der Waals surface area (Å²) in [5.74, 6) is 0. The average molecular weight is 513 g/mol. The number of anilines is 1. The maximum Gasteiger partial charge on any atom is 0.418 e. The van der Waals surface area contributed by atoms with Crippen LogP contribution in [0, 0.1) is 0 Å². The van der Waals surface area contributed by atoms with Crippen molar-refractivity contribution in [3.8, 4) is 0 Å². The van der Waals surface area contributed by atoms with Gasteiger partial charge in [0.2, 0.25) is 0 Å². The van der Waals surface area contributed by atoms with Gasteiger partial charge in [-0.15, -0.1) is 0 Å². The SMILES string of the molecule is COCCCN(Cc1cccn1Cc1cccc(C(F)(F)F)c1)C(=O)Nc1ccccc1C(F)(F)F. The van der Waals surface area contributed by atoms with Crippen LogP contribution >= 0.6 is 0 Å². The minimum absolute atomic E-state index is 0.0235. The summed E-state index contributed by atoms with van der Waals surface area (Å²) >= 11 is 0. The smallest absolute Gasteiger partial charge is 0.385 e. The number of rotatable bonds is 9. The first kappa shape index (κ1) is 27.1. The molecule has 194 valence electrons. The highest BCUT2D eigenvalue weighted by Gasteiger charge is 2.34. The monoisotopic (exact) mass is 513 g/mol. The van der Waals surface area contributed by atoms with Crippen LogP contribution in [-0.4, -0.2) is 35.8 Å². The van der Waals surface area contributed by atoms with Gasteiger partial charge < -0.3 is 19.5 Å². The number of methoxy groups -OCH3 is 1. The van der Waals surface area contributed by atoms with Crippen LogP contribution in [0.2, 0.25) is 0 Å². The van der Waals surface area contributed by atoms with Gasteiger partial charge in [-0.3, -0.25) is 0 Å². The fourth-order valence-electron chi connectivity index (χ4n) is 3.67. The Labute approximate surface area is 204 Å². The third kappa shape index (κ3) is 7.27. The third-order valence-electron chi connectivity index (χ3n) is 5.42. The fraction of sp³-hybridized carbons (Fsp3) is 0.320. The zero-order chi connectivity index (χ0) is 26.3. The summed E-state index contributed by atoms with van der Waals surface area (Å²) in [7, 11) is 1.49. The van der Waals surface area contributed by atoms with E-state index in [4.69, 9.17) is 4.74 Å². The lowest BCUT2D eigenvalue weighted by atomic mass is 10.1. The molecule has 2 amide bonds. The molecular weight excluding hydrogens is 488 g/mol. The lowest BCUT2D eigenvalue weighted by molar-refractivity contribution is -0.138. The Hall–Kier alpha value is -3.47. The molecule has 0 unspecified atom stereocenters. The second-order valence-corrected chi connectivity index (χ2v) is 8.07. The zero-order valence-corrected chi connectivity index (χ0v) is 19.4. The molecule has 1 heterocycles. The number of amides is 2. The van der Waals surface area contributed by atoms with E-state index in [1.54, 1.807) is 29.0 Å². The Morgan fingerprint density at radius 2 is 1.72 bits per heavy atom. The number of nitrogens with one attached hydrogen (secondary N) is 1. The van der Waals surface area contributed by atoms with Crippen LogP contribution in [-0.2, 0) is 30.2 Å². The molecule has 1 aromatic heterocycles. The number of aromatic nitrogens is 1. The Kier molecular flexibility index (Phi) is 8.67. The number of hydrogen-bond donors (Lipinski definition) is 1. The molecule has 0 saturated carbocycles. The summed E-state index contributed by atoms with van der Waals surface area (Å²) < 4.78 is 86.0. The van der Waals surface area contributed by atoms with Gasteiger partial charge in [-0.05, 0) is 48.4 Å². The number of carbonyl (C=O) groups is 1. The van der Waals surface area contributed by atoms with E-state index >= 15 is 0 Å². The van der Waals surface area contributed by atoms with Crippen LogP contribution in [0.1, 0.15) is 28.8 Å². The number of ether oxygens (including phenoxy) is 1. The molecule has 3 rings (SSSR count). The number of para-hydroxylation sites is 1. The summed E-state index contributed by atoms with van der Waals surface area (Å²) in [6.45, 7) is 0.656. The van der Waals surface area contributed by atoms with Gasteiger partial charge in [0, 0.05) is 38.7 Å². The maximum atomic E-state index is 13.4. The lowest BCUT2D eigenvalue weighted by Gasteiger charge is -2.25. The average Bonchev–Trinajstić information content (AvgIpc) is 3.24. The molecule has 0 spiro atoms. The summed E-state index contributed by atoms with van der Waals surface area (Å²) in [6, 6.07) is 12.3. The molecule has 0 aliphatic rings. The summed E-state index contributed by atoms with van der Waals surface area (Å²) in [4.78, 5) is 14.3. The molecule has 0 radical (unpaired) electrons. The van der Waals surface area contributed by atoms with Crippen LogP contribution in [0.5, 0.6) is 0 Å². The molecule has 3 aromatic rings. The number of halogens is 6. The fourth-order valence-corrected chi connectivity index (χ4v) is 3.67. The molecule has 1 N–H and O–H groups in total. The van der Waals surface area contributed by atoms with Gasteiger partial charge in [0.05, 0.1) is 23.4 Å². The van der Waals surface area contributed by atoms with E-state index < -0.39 is 29.5 Å². The van der Waals surface area contributed by atoms with E-state index in [9.17, 15) is 31.1 Å². The molecule has 5 nitrogen and oxygen atoms in total. The second-order valence-electron chi connectivity index (χ2n) is 8.07. The van der Waals surface area contributed by atoms with Gasteiger partial charge >= 0.3 is 18.4 Å². The summed E-state index contributed by atoms with van der Waals surface area (Å²) in [6.07, 6.45) is -7.03. The second kappa shape index (κ2) is 11.5. The molecule has 36 heavy (non-hydrogen) atoms. The maximum absolute atomic E-state index is 13.4. The Morgan fingerprint density at radius 1 is 0.972 bits per heavy atom. The largest absolute Gasteiger partial charge is 0.418 e. The van der Waals surface area contributed by atoms with Crippen molar-refractivity contribution in [1.29, 1.82) is 0 Å². The van der Waals surface area contributed by atoms with Crippen molar-refractivity contribution in [2.45, 2.75) is 31.9 Å². The minimum atomic E-state index is -4.65. The van der Waals surface area contributed by atoms with Crippen molar-refractivity contribution in [1.82, 2.24) is 9.47 Å². The molecule has 2 aromatic carbocycles. The van der Waals surface area contributed by atoms with E-state index in [0.717, 1.165) is 18.2 Å². The van der Waals surface area contributed by atoms with E-state index in [1.807, 2.05) is 0 Å². The molecule has 11 heteroatoms. The van der Waals surface area contributed by atoms with Gasteiger partial charge in [-0.2, -0.15) is 26.3 Å². The molecule has 0 aliphatic heterocycles. The quantitative estimate of drug-likeness (QED) is 0.257. The van der Waals surface area contributed by atoms with E-state index in [2.05, 4.69) is 5.32 Å². The Bertz CT molecular complexity index is 1160. The summed E-state index contributed by atoms with van der Waals surface area (Å²) in [5, 5.41) is 2.34. The predicted molar refractivity (Wildman–Crippen MR) is 122 cm³/mol. The first-order valence-electron chi connectivity index (χ1n) is 11.0. The van der Waals surface area contributed by atoms with Crippen LogP contribution in [0.3, 0.4) is 0 Å². The van der Waals surface area contributed by atoms with Crippen molar-refractivity contribution >= 4 is 11.7 Å². The highest BCUT2D eigenvalue weighted by atomic mass is 19.4. The molecule has 0 fully saturated rings. The number of benzene rings is 2. The van der Waals surface area contributed by atoms with E-state index in [1.165, 1.54) is 36.3 Å². The lowest BCUT2D eigenvalue weighted by Crippen LogP contribution is -2.36. The minimum Gasteiger partial charge on any atom is -0.385 e. The molecule has 0 atom stereocenters. The molecule has 0 bridgehead atoms. The van der Waals surface area contributed by atoms with Crippen molar-refractivity contribution in [3.05, 3.63) is 89.2 Å². The van der Waals surface area contributed by atoms with Crippen molar-refractivity contribution in [2.24, 2.45) is 0 Å². The van der Waals surface area contributed by atoms with E-state index in [-0.39, 0.29) is 25.3 Å². The highest BCUT2D eigenvalue weighted by molar-refractivity contribution is 5.90. The number of hydrogen-bond acceptors (Lipinski definition) is 2. The normalized spacial score (nSPS) is 12.0. The standard InChI is InChI=1S/C25H25F6N3O2/c1-36-14-6-13-34(23(35)32-22-11-3-2-10-21(22)25(29,30)31)17-20-9-5-12-33(20)16-18-7-4-8-19(15-18)24(26,27)28/h2-5,7-12,15H,6,13-14,16-17H2,1H3,(H,32,35). The molecular formula is C25H25F6N3O2. The van der Waals surface area contributed by atoms with Crippen LogP contribution < -0.4 is 5.32 Å². The summed E-state index contributed by atoms with van der Waals surface area (Å²) in [5.41, 5.74) is -1.09. The first-order valence-corrected chi connectivity index (χ1v) is 11.0. The zero-order valence-electron chi connectivity index (χ0n) is 19.4. The van der Waals surface area contributed by atoms with Crippen molar-refractivity contribution in [2.75, 3.05) is 25.6 Å². The topological polar surface area (TPSA) is 46.5 Å². The first-order chi connectivity index (χ1) is 17.0. The van der Waals surface area contributed by atoms with Crippen LogP contribution in [0.4, 0.5) is 36.8 Å².